The molecular weight excluding hydrogens is 301 g/mol. The third kappa shape index (κ3) is 4.38. The second-order valence-corrected chi connectivity index (χ2v) is 4.86. The van der Waals surface area contributed by atoms with Gasteiger partial charge in [-0.25, -0.2) is 4.39 Å². The Hall–Kier alpha value is -0.940. The molecule has 1 aromatic rings. The van der Waals surface area contributed by atoms with Gasteiger partial charge in [-0.3, -0.25) is 4.79 Å². The smallest absolute Gasteiger partial charge is 0.251 e. The van der Waals surface area contributed by atoms with Gasteiger partial charge in [0, 0.05) is 18.0 Å². The molecule has 1 atom stereocenters. The molecule has 0 radical (unpaired) electrons. The summed E-state index contributed by atoms with van der Waals surface area (Å²) in [5, 5.41) is 3.59. The van der Waals surface area contributed by atoms with E-state index in [0.717, 1.165) is 11.8 Å². The number of nitrogens with one attached hydrogen (secondary N) is 1. The molecule has 0 aliphatic carbocycles. The van der Waals surface area contributed by atoms with Crippen LogP contribution in [0.4, 0.5) is 4.39 Å². The van der Waals surface area contributed by atoms with Crippen LogP contribution in [0.5, 0.6) is 0 Å². The van der Waals surface area contributed by atoms with Crippen LogP contribution in [0.1, 0.15) is 22.3 Å². The Labute approximate surface area is 115 Å². The Morgan fingerprint density at radius 2 is 2.28 bits per heavy atom. The fraction of sp³-hybridized carbons (Fsp3) is 0.462. The van der Waals surface area contributed by atoms with E-state index >= 15 is 0 Å². The number of amides is 1. The lowest BCUT2D eigenvalue weighted by Crippen LogP contribution is -2.38. The largest absolute Gasteiger partial charge is 0.383 e. The van der Waals surface area contributed by atoms with E-state index in [1.54, 1.807) is 26.2 Å². The highest BCUT2D eigenvalue weighted by Gasteiger charge is 2.14. The van der Waals surface area contributed by atoms with Crippen molar-refractivity contribution in [2.45, 2.75) is 19.4 Å². The Morgan fingerprint density at radius 1 is 1.56 bits per heavy atom. The minimum atomic E-state index is -0.369. The predicted molar refractivity (Wildman–Crippen MR) is 72.7 cm³/mol. The highest BCUT2D eigenvalue weighted by molar-refractivity contribution is 9.09. The second-order valence-electron chi connectivity index (χ2n) is 4.07. The number of halogens is 2. The van der Waals surface area contributed by atoms with Crippen molar-refractivity contribution in [1.82, 2.24) is 5.32 Å². The molecule has 3 nitrogen and oxygen atoms in total. The van der Waals surface area contributed by atoms with Gasteiger partial charge in [0.2, 0.25) is 0 Å². The minimum absolute atomic E-state index is 0.0776. The average molecular weight is 318 g/mol. The SMILES string of the molecule is COCC(CCBr)NC(=O)c1ccc(C)c(F)c1. The number of alkyl halides is 1. The van der Waals surface area contributed by atoms with Crippen molar-refractivity contribution in [3.05, 3.63) is 35.1 Å². The molecule has 0 aromatic heterocycles. The maximum atomic E-state index is 13.4. The van der Waals surface area contributed by atoms with Gasteiger partial charge in [-0.1, -0.05) is 22.0 Å². The Balaban J connectivity index is 2.70. The molecule has 1 unspecified atom stereocenters. The summed E-state index contributed by atoms with van der Waals surface area (Å²) in [5.41, 5.74) is 0.856. The summed E-state index contributed by atoms with van der Waals surface area (Å²) < 4.78 is 18.4. The number of carbonyl (C=O) groups is 1. The van der Waals surface area contributed by atoms with Crippen molar-refractivity contribution in [1.29, 1.82) is 0 Å². The fourth-order valence-electron chi connectivity index (χ4n) is 1.53. The summed E-state index contributed by atoms with van der Waals surface area (Å²) in [6, 6.07) is 4.39. The van der Waals surface area contributed by atoms with Crippen LogP contribution in [0.2, 0.25) is 0 Å². The summed E-state index contributed by atoms with van der Waals surface area (Å²) in [6.45, 7) is 2.10. The normalized spacial score (nSPS) is 12.2. The van der Waals surface area contributed by atoms with Gasteiger partial charge in [-0.05, 0) is 31.0 Å². The van der Waals surface area contributed by atoms with E-state index in [2.05, 4.69) is 21.2 Å². The molecule has 0 heterocycles. The molecule has 0 spiro atoms. The number of benzene rings is 1. The van der Waals surface area contributed by atoms with Crippen LogP contribution in [0.25, 0.3) is 0 Å². The first-order valence-corrected chi connectivity index (χ1v) is 6.82. The Bertz CT molecular complexity index is 406. The first-order valence-electron chi connectivity index (χ1n) is 5.70. The van der Waals surface area contributed by atoms with Crippen LogP contribution >= 0.6 is 15.9 Å². The van der Waals surface area contributed by atoms with Gasteiger partial charge in [-0.15, -0.1) is 0 Å². The van der Waals surface area contributed by atoms with E-state index in [1.165, 1.54) is 6.07 Å². The highest BCUT2D eigenvalue weighted by atomic mass is 79.9. The molecule has 1 N–H and O–H groups in total. The van der Waals surface area contributed by atoms with E-state index in [9.17, 15) is 9.18 Å². The standard InChI is InChI=1S/C13H17BrFNO2/c1-9-3-4-10(7-12(9)15)13(17)16-11(5-6-14)8-18-2/h3-4,7,11H,5-6,8H2,1-2H3,(H,16,17). The molecule has 100 valence electrons. The Kier molecular flexibility index (Phi) is 6.29. The van der Waals surface area contributed by atoms with Crippen molar-refractivity contribution < 1.29 is 13.9 Å². The minimum Gasteiger partial charge on any atom is -0.383 e. The summed E-state index contributed by atoms with van der Waals surface area (Å²) in [5.74, 6) is -0.650. The van der Waals surface area contributed by atoms with Gasteiger partial charge < -0.3 is 10.1 Å². The lowest BCUT2D eigenvalue weighted by Gasteiger charge is -2.16. The van der Waals surface area contributed by atoms with Gasteiger partial charge in [0.25, 0.3) is 5.91 Å². The molecule has 0 saturated heterocycles. The van der Waals surface area contributed by atoms with Crippen LogP contribution in [-0.4, -0.2) is 31.0 Å². The van der Waals surface area contributed by atoms with Crippen molar-refractivity contribution >= 4 is 21.8 Å². The van der Waals surface area contributed by atoms with Gasteiger partial charge >= 0.3 is 0 Å². The zero-order chi connectivity index (χ0) is 13.5. The van der Waals surface area contributed by atoms with E-state index < -0.39 is 0 Å². The number of ether oxygens (including phenoxy) is 1. The third-order valence-electron chi connectivity index (χ3n) is 2.59. The fourth-order valence-corrected chi connectivity index (χ4v) is 2.09. The molecule has 18 heavy (non-hydrogen) atoms. The van der Waals surface area contributed by atoms with Crippen LogP contribution in [0.15, 0.2) is 18.2 Å². The first-order chi connectivity index (χ1) is 8.58. The molecule has 5 heteroatoms. The number of hydrogen-bond donors (Lipinski definition) is 1. The maximum Gasteiger partial charge on any atom is 0.251 e. The molecule has 1 aromatic carbocycles. The van der Waals surface area contributed by atoms with Gasteiger partial charge in [0.15, 0.2) is 0 Å². The number of rotatable bonds is 6. The van der Waals surface area contributed by atoms with E-state index in [0.29, 0.717) is 17.7 Å². The summed E-state index contributed by atoms with van der Waals surface area (Å²) in [7, 11) is 1.58. The molecule has 0 bridgehead atoms. The van der Waals surface area contributed by atoms with Gasteiger partial charge in [0.1, 0.15) is 5.82 Å². The molecule has 0 saturated carbocycles. The molecule has 1 amide bonds. The van der Waals surface area contributed by atoms with Crippen LogP contribution in [0, 0.1) is 12.7 Å². The monoisotopic (exact) mass is 317 g/mol. The predicted octanol–water partition coefficient (Wildman–Crippen LogP) is 2.66. The highest BCUT2D eigenvalue weighted by Crippen LogP contribution is 2.09. The Morgan fingerprint density at radius 3 is 2.83 bits per heavy atom. The number of hydrogen-bond acceptors (Lipinski definition) is 2. The molecule has 0 aliphatic rings. The second kappa shape index (κ2) is 7.48. The lowest BCUT2D eigenvalue weighted by atomic mass is 10.1. The van der Waals surface area contributed by atoms with Crippen molar-refractivity contribution in [3.63, 3.8) is 0 Å². The van der Waals surface area contributed by atoms with Gasteiger partial charge in [0.05, 0.1) is 12.6 Å². The third-order valence-corrected chi connectivity index (χ3v) is 3.05. The van der Waals surface area contributed by atoms with Crippen LogP contribution in [0.3, 0.4) is 0 Å². The van der Waals surface area contributed by atoms with Crippen LogP contribution < -0.4 is 5.32 Å². The zero-order valence-electron chi connectivity index (χ0n) is 10.5. The molecule has 1 rings (SSSR count). The molecular formula is C13H17BrFNO2. The quantitative estimate of drug-likeness (QED) is 0.819. The maximum absolute atomic E-state index is 13.4. The average Bonchev–Trinajstić information content (AvgIpc) is 2.33. The van der Waals surface area contributed by atoms with E-state index in [1.807, 2.05) is 0 Å². The van der Waals surface area contributed by atoms with E-state index in [-0.39, 0.29) is 17.8 Å². The first kappa shape index (κ1) is 15.1. The van der Waals surface area contributed by atoms with Crippen molar-refractivity contribution in [3.8, 4) is 0 Å². The molecule has 0 aliphatic heterocycles. The van der Waals surface area contributed by atoms with E-state index in [4.69, 9.17) is 4.74 Å². The van der Waals surface area contributed by atoms with Crippen molar-refractivity contribution in [2.24, 2.45) is 0 Å². The van der Waals surface area contributed by atoms with Crippen LogP contribution in [-0.2, 0) is 4.74 Å². The zero-order valence-corrected chi connectivity index (χ0v) is 12.1. The summed E-state index contributed by atoms with van der Waals surface area (Å²) >= 11 is 3.32. The lowest BCUT2D eigenvalue weighted by molar-refractivity contribution is 0.0895. The number of aryl methyl sites for hydroxylation is 1. The summed E-state index contributed by atoms with van der Waals surface area (Å²) in [4.78, 5) is 11.9. The van der Waals surface area contributed by atoms with Gasteiger partial charge in [-0.2, -0.15) is 0 Å². The number of methoxy groups -OCH3 is 1. The summed E-state index contributed by atoms with van der Waals surface area (Å²) in [6.07, 6.45) is 0.758. The number of carbonyl (C=O) groups excluding carboxylic acids is 1. The van der Waals surface area contributed by atoms with Crippen molar-refractivity contribution in [2.75, 3.05) is 19.0 Å². The topological polar surface area (TPSA) is 38.3 Å². The molecule has 0 fully saturated rings.